The summed E-state index contributed by atoms with van der Waals surface area (Å²) in [6.45, 7) is 5.75. The average molecular weight is 635 g/mol. The molecule has 0 aliphatic carbocycles. The van der Waals surface area contributed by atoms with Crippen molar-refractivity contribution >= 4 is 55.2 Å². The number of thiazole rings is 2. The van der Waals surface area contributed by atoms with Gasteiger partial charge in [0.05, 0.1) is 85.3 Å². The second-order valence-electron chi connectivity index (χ2n) is 8.06. The van der Waals surface area contributed by atoms with E-state index in [1.165, 1.54) is 17.4 Å². The summed E-state index contributed by atoms with van der Waals surface area (Å²) in [6, 6.07) is 4.78. The van der Waals surface area contributed by atoms with Gasteiger partial charge in [-0.3, -0.25) is 9.78 Å². The highest BCUT2D eigenvalue weighted by atomic mass is 35.5. The maximum absolute atomic E-state index is 12.2. The van der Waals surface area contributed by atoms with Gasteiger partial charge in [0, 0.05) is 24.4 Å². The monoisotopic (exact) mass is 634 g/mol. The Morgan fingerprint density at radius 2 is 1.65 bits per heavy atom. The lowest BCUT2D eigenvalue weighted by Crippen LogP contribution is -2.16. The molecule has 0 unspecified atom stereocenters. The van der Waals surface area contributed by atoms with E-state index in [0.717, 1.165) is 11.1 Å². The number of halogens is 1. The number of nitrogens with one attached hydrogen (secondary N) is 1. The van der Waals surface area contributed by atoms with Gasteiger partial charge < -0.3 is 30.0 Å². The van der Waals surface area contributed by atoms with Crippen molar-refractivity contribution in [2.24, 2.45) is 5.73 Å². The molecule has 0 saturated heterocycles. The first kappa shape index (κ1) is 34.2. The second-order valence-corrected chi connectivity index (χ2v) is 12.2. The van der Waals surface area contributed by atoms with Crippen LogP contribution in [-0.4, -0.2) is 89.9 Å². The quantitative estimate of drug-likeness (QED) is 0.210. The summed E-state index contributed by atoms with van der Waals surface area (Å²) in [5.74, 6) is -0.232. The van der Waals surface area contributed by atoms with E-state index in [9.17, 15) is 13.2 Å². The minimum Gasteiger partial charge on any atom is -0.379 e. The van der Waals surface area contributed by atoms with Gasteiger partial charge in [0.15, 0.2) is 15.0 Å². The van der Waals surface area contributed by atoms with Crippen molar-refractivity contribution < 1.29 is 32.2 Å². The molecule has 222 valence electrons. The Balaban J connectivity index is 0.00000100. The highest BCUT2D eigenvalue weighted by Crippen LogP contribution is 2.35. The van der Waals surface area contributed by atoms with Crippen LogP contribution < -0.4 is 11.1 Å². The molecule has 15 heteroatoms. The minimum absolute atomic E-state index is 0.0524. The molecular weight excluding hydrogens is 600 g/mol. The Kier molecular flexibility index (Phi) is 16.4. The molecule has 3 aromatic rings. The molecule has 1 aromatic carbocycles. The molecule has 1 amide bonds. The minimum atomic E-state index is -3.47. The van der Waals surface area contributed by atoms with E-state index in [1.807, 2.05) is 5.38 Å². The van der Waals surface area contributed by atoms with Gasteiger partial charge in [0.2, 0.25) is 5.91 Å². The number of ether oxygens (including phenoxy) is 4. The molecule has 0 fully saturated rings. The van der Waals surface area contributed by atoms with Crippen molar-refractivity contribution in [2.45, 2.75) is 18.2 Å². The number of carbonyl (C=O) groups is 1. The van der Waals surface area contributed by atoms with Crippen molar-refractivity contribution in [1.29, 1.82) is 0 Å². The predicted molar refractivity (Wildman–Crippen MR) is 158 cm³/mol. The maximum Gasteiger partial charge on any atom is 0.228 e. The largest absolute Gasteiger partial charge is 0.379 e. The van der Waals surface area contributed by atoms with E-state index in [2.05, 4.69) is 15.3 Å². The summed E-state index contributed by atoms with van der Waals surface area (Å²) in [4.78, 5) is 21.1. The molecule has 0 aliphatic heterocycles. The van der Waals surface area contributed by atoms with E-state index in [1.54, 1.807) is 42.1 Å². The average Bonchev–Trinajstić information content (AvgIpc) is 3.60. The Labute approximate surface area is 247 Å². The summed E-state index contributed by atoms with van der Waals surface area (Å²) in [5, 5.41) is 5.27. The Morgan fingerprint density at radius 1 is 1.02 bits per heavy atom. The van der Waals surface area contributed by atoms with Gasteiger partial charge in [-0.2, -0.15) is 0 Å². The van der Waals surface area contributed by atoms with Gasteiger partial charge in [-0.05, 0) is 24.6 Å². The SMILES string of the molecule is Cc1nc(NC(=O)CCOCCOCCOCCOCCN)sc1-c1ccc(Cl)c(S(C)(=O)=O)c1.c1cscn1. The van der Waals surface area contributed by atoms with Crippen LogP contribution >= 0.6 is 34.3 Å². The molecule has 2 aromatic heterocycles. The van der Waals surface area contributed by atoms with Gasteiger partial charge in [-0.1, -0.05) is 29.0 Å². The van der Waals surface area contributed by atoms with Gasteiger partial charge in [-0.15, -0.1) is 11.3 Å². The fourth-order valence-corrected chi connectivity index (χ4v) is 5.65. The highest BCUT2D eigenvalue weighted by molar-refractivity contribution is 7.90. The van der Waals surface area contributed by atoms with Crippen LogP contribution in [0.15, 0.2) is 40.2 Å². The normalized spacial score (nSPS) is 11.2. The third-order valence-corrected chi connectivity index (χ3v) is 8.06. The highest BCUT2D eigenvalue weighted by Gasteiger charge is 2.17. The number of carbonyl (C=O) groups excluding carboxylic acids is 1. The van der Waals surface area contributed by atoms with Crippen molar-refractivity contribution in [2.75, 3.05) is 71.0 Å². The lowest BCUT2D eigenvalue weighted by molar-refractivity contribution is -0.117. The maximum atomic E-state index is 12.2. The molecule has 0 aliphatic rings. The fourth-order valence-electron chi connectivity index (χ4n) is 3.01. The molecule has 2 heterocycles. The number of hydrogen-bond acceptors (Lipinski definition) is 12. The summed E-state index contributed by atoms with van der Waals surface area (Å²) < 4.78 is 45.2. The number of anilines is 1. The van der Waals surface area contributed by atoms with E-state index >= 15 is 0 Å². The smallest absolute Gasteiger partial charge is 0.228 e. The molecule has 0 radical (unpaired) electrons. The zero-order valence-electron chi connectivity index (χ0n) is 22.5. The van der Waals surface area contributed by atoms with E-state index < -0.39 is 9.84 Å². The van der Waals surface area contributed by atoms with E-state index in [0.29, 0.717) is 69.2 Å². The molecule has 40 heavy (non-hydrogen) atoms. The van der Waals surface area contributed by atoms with Gasteiger partial charge in [0.1, 0.15) is 0 Å². The van der Waals surface area contributed by atoms with Crippen LogP contribution in [0.2, 0.25) is 5.02 Å². The summed E-state index contributed by atoms with van der Waals surface area (Å²) >= 11 is 8.89. The van der Waals surface area contributed by atoms with E-state index in [-0.39, 0.29) is 28.9 Å². The fraction of sp³-hybridized carbons (Fsp3) is 0.480. The predicted octanol–water partition coefficient (Wildman–Crippen LogP) is 3.67. The number of aryl methyl sites for hydroxylation is 1. The van der Waals surface area contributed by atoms with Crippen molar-refractivity contribution in [3.63, 3.8) is 0 Å². The molecule has 3 N–H and O–H groups in total. The Bertz CT molecular complexity index is 1220. The lowest BCUT2D eigenvalue weighted by Gasteiger charge is -2.07. The second kappa shape index (κ2) is 19.2. The molecule has 0 saturated carbocycles. The van der Waals surface area contributed by atoms with E-state index in [4.69, 9.17) is 36.3 Å². The third-order valence-electron chi connectivity index (χ3n) is 4.83. The van der Waals surface area contributed by atoms with Crippen LogP contribution in [0, 0.1) is 6.92 Å². The molecule has 0 spiro atoms. The van der Waals surface area contributed by atoms with Crippen LogP contribution in [0.4, 0.5) is 5.13 Å². The van der Waals surface area contributed by atoms with Crippen LogP contribution in [0.25, 0.3) is 10.4 Å². The summed E-state index contributed by atoms with van der Waals surface area (Å²) in [7, 11) is -3.47. The number of benzene rings is 1. The molecule has 3 rings (SSSR count). The van der Waals surface area contributed by atoms with Crippen molar-refractivity contribution in [3.8, 4) is 10.4 Å². The number of amides is 1. The first-order chi connectivity index (χ1) is 19.2. The molecule has 11 nitrogen and oxygen atoms in total. The topological polar surface area (TPSA) is 152 Å². The van der Waals surface area contributed by atoms with Crippen LogP contribution in [0.5, 0.6) is 0 Å². The van der Waals surface area contributed by atoms with Gasteiger partial charge in [0.25, 0.3) is 0 Å². The number of hydrogen-bond donors (Lipinski definition) is 2. The van der Waals surface area contributed by atoms with Crippen LogP contribution in [0.3, 0.4) is 0 Å². The molecule has 0 bridgehead atoms. The zero-order valence-corrected chi connectivity index (χ0v) is 25.7. The zero-order chi connectivity index (χ0) is 29.2. The third kappa shape index (κ3) is 13.6. The standard InChI is InChI=1S/C22H32ClN3O7S2.C3H3NS/c1-16-21(17-3-4-18(23)19(15-17)35(2,28)29)34-22(25-16)26-20(27)5-7-30-9-11-32-13-14-33-12-10-31-8-6-24;1-2-5-3-4-1/h3-4,15H,5-14,24H2,1-2H3,(H,25,26,27);1-3H. The first-order valence-corrected chi connectivity index (χ1v) is 16.4. The van der Waals surface area contributed by atoms with Crippen LogP contribution in [-0.2, 0) is 33.6 Å². The Hall–Kier alpha value is -2.01. The van der Waals surface area contributed by atoms with Crippen molar-refractivity contribution in [1.82, 2.24) is 9.97 Å². The summed E-state index contributed by atoms with van der Waals surface area (Å²) in [5.41, 5.74) is 8.45. The number of nitrogens with zero attached hydrogens (tertiary/aromatic N) is 2. The Morgan fingerprint density at radius 3 is 2.17 bits per heavy atom. The molecular formula is C25H35ClN4O7S3. The number of nitrogens with two attached hydrogens (primary N) is 1. The van der Waals surface area contributed by atoms with Crippen LogP contribution in [0.1, 0.15) is 12.1 Å². The number of aromatic nitrogens is 2. The first-order valence-electron chi connectivity index (χ1n) is 12.3. The molecule has 0 atom stereocenters. The van der Waals surface area contributed by atoms with Gasteiger partial charge in [-0.25, -0.2) is 13.4 Å². The lowest BCUT2D eigenvalue weighted by atomic mass is 10.2. The van der Waals surface area contributed by atoms with Gasteiger partial charge >= 0.3 is 0 Å². The summed E-state index contributed by atoms with van der Waals surface area (Å²) in [6.07, 6.45) is 3.04. The number of rotatable bonds is 17. The van der Waals surface area contributed by atoms with Crippen molar-refractivity contribution in [3.05, 3.63) is 46.0 Å². The number of sulfone groups is 1.